The van der Waals surface area contributed by atoms with Crippen molar-refractivity contribution in [1.82, 2.24) is 0 Å². The Balaban J connectivity index is 3.79. The third-order valence-electron chi connectivity index (χ3n) is 1.58. The number of halogens is 4. The Bertz CT molecular complexity index is 98.6. The molecule has 0 nitrogen and oxygen atoms in total. The minimum Gasteiger partial charge on any atom is -0.251 e. The van der Waals surface area contributed by atoms with Gasteiger partial charge in [-0.1, -0.05) is 13.3 Å². The minimum absolute atomic E-state index is 0.325. The van der Waals surface area contributed by atoms with Crippen molar-refractivity contribution in [3.63, 3.8) is 0 Å². The summed E-state index contributed by atoms with van der Waals surface area (Å²) < 4.78 is 47.9. The van der Waals surface area contributed by atoms with Gasteiger partial charge in [0.05, 0.1) is 6.67 Å². The molecule has 0 aliphatic carbocycles. The van der Waals surface area contributed by atoms with E-state index >= 15 is 0 Å². The molecule has 0 N–H and O–H groups in total. The fourth-order valence-corrected chi connectivity index (χ4v) is 0.785. The molecule has 0 fully saturated rings. The second-order valence-corrected chi connectivity index (χ2v) is 2.62. The lowest BCUT2D eigenvalue weighted by Gasteiger charge is -2.16. The molecule has 11 heavy (non-hydrogen) atoms. The van der Waals surface area contributed by atoms with Crippen molar-refractivity contribution >= 4 is 0 Å². The minimum atomic E-state index is -3.34. The highest BCUT2D eigenvalue weighted by Gasteiger charge is 2.31. The summed E-state index contributed by atoms with van der Waals surface area (Å²) in [5.41, 5.74) is 0. The van der Waals surface area contributed by atoms with E-state index in [1.807, 2.05) is 0 Å². The van der Waals surface area contributed by atoms with Crippen LogP contribution in [0.1, 0.15) is 19.8 Å². The monoisotopic (exact) mass is 172 g/mol. The van der Waals surface area contributed by atoms with E-state index in [1.54, 1.807) is 6.92 Å². The first kappa shape index (κ1) is 10.7. The van der Waals surface area contributed by atoms with Crippen molar-refractivity contribution in [3.05, 3.63) is 0 Å². The van der Waals surface area contributed by atoms with E-state index in [0.717, 1.165) is 0 Å². The maximum absolute atomic E-state index is 12.2. The van der Waals surface area contributed by atoms with E-state index in [-0.39, 0.29) is 0 Å². The summed E-state index contributed by atoms with van der Waals surface area (Å²) in [6.45, 7) is -0.881. The van der Waals surface area contributed by atoms with Gasteiger partial charge in [0.25, 0.3) is 5.92 Å². The molecule has 0 radical (unpaired) electrons. The molecule has 0 aliphatic heterocycles. The van der Waals surface area contributed by atoms with Crippen molar-refractivity contribution < 1.29 is 17.6 Å². The van der Waals surface area contributed by atoms with E-state index in [2.05, 4.69) is 0 Å². The first-order chi connectivity index (χ1) is 5.05. The van der Waals surface area contributed by atoms with Gasteiger partial charge >= 0.3 is 0 Å². The summed E-state index contributed by atoms with van der Waals surface area (Å²) >= 11 is 0. The van der Waals surface area contributed by atoms with Crippen LogP contribution < -0.4 is 0 Å². The first-order valence-electron chi connectivity index (χ1n) is 3.55. The first-order valence-corrected chi connectivity index (χ1v) is 3.55. The Hall–Kier alpha value is -0.280. The average Bonchev–Trinajstić information content (AvgIpc) is 2.00. The van der Waals surface area contributed by atoms with E-state index in [9.17, 15) is 17.6 Å². The van der Waals surface area contributed by atoms with Gasteiger partial charge < -0.3 is 0 Å². The van der Waals surface area contributed by atoms with Crippen molar-refractivity contribution in [2.45, 2.75) is 25.7 Å². The smallest absolute Gasteiger partial charge is 0.251 e. The maximum Gasteiger partial charge on any atom is 0.276 e. The zero-order chi connectivity index (χ0) is 8.91. The largest absolute Gasteiger partial charge is 0.276 e. The summed E-state index contributed by atoms with van der Waals surface area (Å²) in [7, 11) is 0. The molecule has 0 aromatic heterocycles. The summed E-state index contributed by atoms with van der Waals surface area (Å²) in [6, 6.07) is 0. The molecule has 0 aromatic carbocycles. The predicted molar refractivity (Wildman–Crippen MR) is 35.3 cm³/mol. The van der Waals surface area contributed by atoms with Gasteiger partial charge in [0.2, 0.25) is 0 Å². The lowest BCUT2D eigenvalue weighted by molar-refractivity contribution is -0.0462. The van der Waals surface area contributed by atoms with Gasteiger partial charge in [-0.3, -0.25) is 4.39 Å². The van der Waals surface area contributed by atoms with Crippen molar-refractivity contribution in [2.24, 2.45) is 5.92 Å². The fourth-order valence-electron chi connectivity index (χ4n) is 0.785. The van der Waals surface area contributed by atoms with E-state index in [4.69, 9.17) is 0 Å². The molecule has 0 aromatic rings. The average molecular weight is 172 g/mol. The lowest BCUT2D eigenvalue weighted by atomic mass is 10.0. The number of alkyl halides is 4. The van der Waals surface area contributed by atoms with E-state index < -0.39 is 31.6 Å². The standard InChI is InChI=1S/C7H12F4/c1-2-6(4-8)3-7(10,11)5-9/h6H,2-5H2,1H3. The topological polar surface area (TPSA) is 0 Å². The second kappa shape index (κ2) is 4.57. The van der Waals surface area contributed by atoms with Gasteiger partial charge in [0.15, 0.2) is 6.67 Å². The third-order valence-corrected chi connectivity index (χ3v) is 1.58. The molecular weight excluding hydrogens is 160 g/mol. The zero-order valence-corrected chi connectivity index (χ0v) is 6.42. The van der Waals surface area contributed by atoms with Gasteiger partial charge in [0, 0.05) is 6.42 Å². The van der Waals surface area contributed by atoms with Gasteiger partial charge in [-0.2, -0.15) is 0 Å². The molecule has 0 bridgehead atoms. The summed E-state index contributed by atoms with van der Waals surface area (Å²) in [5, 5.41) is 0. The summed E-state index contributed by atoms with van der Waals surface area (Å²) in [5.74, 6) is -4.05. The van der Waals surface area contributed by atoms with Crippen LogP contribution in [-0.4, -0.2) is 19.3 Å². The van der Waals surface area contributed by atoms with Crippen LogP contribution in [0.5, 0.6) is 0 Å². The quantitative estimate of drug-likeness (QED) is 0.559. The van der Waals surface area contributed by atoms with Gasteiger partial charge in [0.1, 0.15) is 0 Å². The van der Waals surface area contributed by atoms with Crippen LogP contribution in [0.4, 0.5) is 17.6 Å². The van der Waals surface area contributed by atoms with Crippen LogP contribution in [0.2, 0.25) is 0 Å². The molecule has 0 saturated heterocycles. The van der Waals surface area contributed by atoms with Crippen LogP contribution >= 0.6 is 0 Å². The molecule has 0 heterocycles. The normalized spacial score (nSPS) is 15.0. The zero-order valence-electron chi connectivity index (χ0n) is 6.42. The molecule has 4 heteroatoms. The summed E-state index contributed by atoms with van der Waals surface area (Å²) in [4.78, 5) is 0. The lowest BCUT2D eigenvalue weighted by Crippen LogP contribution is -2.23. The van der Waals surface area contributed by atoms with Crippen LogP contribution in [0.25, 0.3) is 0 Å². The SMILES string of the molecule is CCC(CF)CC(F)(F)CF. The molecular formula is C7H12F4. The number of hydrogen-bond donors (Lipinski definition) is 0. The third kappa shape index (κ3) is 4.22. The van der Waals surface area contributed by atoms with Crippen LogP contribution in [0.15, 0.2) is 0 Å². The van der Waals surface area contributed by atoms with E-state index in [0.29, 0.717) is 6.42 Å². The molecule has 0 amide bonds. The molecule has 0 aliphatic rings. The maximum atomic E-state index is 12.2. The van der Waals surface area contributed by atoms with Crippen molar-refractivity contribution in [3.8, 4) is 0 Å². The highest BCUT2D eigenvalue weighted by molar-refractivity contribution is 4.69. The Labute approximate surface area is 63.6 Å². The Morgan fingerprint density at radius 2 is 1.82 bits per heavy atom. The van der Waals surface area contributed by atoms with Gasteiger partial charge in [-0.05, 0) is 5.92 Å². The second-order valence-electron chi connectivity index (χ2n) is 2.62. The highest BCUT2D eigenvalue weighted by Crippen LogP contribution is 2.25. The molecule has 0 saturated carbocycles. The molecule has 1 atom stereocenters. The van der Waals surface area contributed by atoms with Crippen LogP contribution in [-0.2, 0) is 0 Å². The molecule has 0 spiro atoms. The van der Waals surface area contributed by atoms with Crippen molar-refractivity contribution in [1.29, 1.82) is 0 Å². The number of hydrogen-bond acceptors (Lipinski definition) is 0. The predicted octanol–water partition coefficient (Wildman–Crippen LogP) is 2.98. The Kier molecular flexibility index (Phi) is 4.45. The fraction of sp³-hybridized carbons (Fsp3) is 1.00. The molecule has 1 unspecified atom stereocenters. The highest BCUT2D eigenvalue weighted by atomic mass is 19.3. The van der Waals surface area contributed by atoms with Crippen LogP contribution in [0, 0.1) is 5.92 Å². The Morgan fingerprint density at radius 1 is 1.27 bits per heavy atom. The van der Waals surface area contributed by atoms with Crippen LogP contribution in [0.3, 0.4) is 0 Å². The molecule has 68 valence electrons. The van der Waals surface area contributed by atoms with Crippen molar-refractivity contribution in [2.75, 3.05) is 13.3 Å². The molecule has 0 rings (SSSR count). The van der Waals surface area contributed by atoms with Gasteiger partial charge in [-0.15, -0.1) is 0 Å². The Morgan fingerprint density at radius 3 is 2.09 bits per heavy atom. The van der Waals surface area contributed by atoms with Gasteiger partial charge in [-0.25, -0.2) is 13.2 Å². The van der Waals surface area contributed by atoms with E-state index in [1.165, 1.54) is 0 Å². The summed E-state index contributed by atoms with van der Waals surface area (Å²) in [6.07, 6.45) is -0.359. The number of rotatable bonds is 5.